The fourth-order valence-corrected chi connectivity index (χ4v) is 4.06. The zero-order valence-electron chi connectivity index (χ0n) is 14.4. The lowest BCUT2D eigenvalue weighted by molar-refractivity contribution is 0.0959. The number of amides is 1. The SMILES string of the molecule is CN(CCO)c1ccc(C=NNC(=O)c2cc3c(s2)CCCC3)cc1. The Hall–Kier alpha value is -2.18. The number of hydrogen-bond donors (Lipinski definition) is 2. The van der Waals surface area contributed by atoms with Crippen molar-refractivity contribution in [3.63, 3.8) is 0 Å². The maximum Gasteiger partial charge on any atom is 0.281 e. The monoisotopic (exact) mass is 357 g/mol. The molecule has 1 amide bonds. The lowest BCUT2D eigenvalue weighted by Crippen LogP contribution is -2.20. The van der Waals surface area contributed by atoms with E-state index in [1.165, 1.54) is 23.3 Å². The number of nitrogens with zero attached hydrogens (tertiary/aromatic N) is 2. The Balaban J connectivity index is 1.57. The van der Waals surface area contributed by atoms with Gasteiger partial charge < -0.3 is 10.0 Å². The van der Waals surface area contributed by atoms with E-state index in [1.807, 2.05) is 42.3 Å². The number of benzene rings is 1. The molecule has 6 heteroatoms. The molecule has 1 aromatic heterocycles. The lowest BCUT2D eigenvalue weighted by Gasteiger charge is -2.17. The van der Waals surface area contributed by atoms with Gasteiger partial charge in [-0.1, -0.05) is 12.1 Å². The number of nitrogens with one attached hydrogen (secondary N) is 1. The van der Waals surface area contributed by atoms with Gasteiger partial charge in [0.25, 0.3) is 5.91 Å². The van der Waals surface area contributed by atoms with E-state index in [-0.39, 0.29) is 12.5 Å². The number of aliphatic hydroxyl groups excluding tert-OH is 1. The van der Waals surface area contributed by atoms with Crippen LogP contribution in [0.2, 0.25) is 0 Å². The molecule has 0 fully saturated rings. The topological polar surface area (TPSA) is 64.9 Å². The first-order valence-corrected chi connectivity index (χ1v) is 9.36. The Labute approximate surface area is 152 Å². The third-order valence-electron chi connectivity index (χ3n) is 4.37. The molecule has 0 unspecified atom stereocenters. The molecule has 0 saturated heterocycles. The molecule has 2 aromatic rings. The molecule has 25 heavy (non-hydrogen) atoms. The van der Waals surface area contributed by atoms with Gasteiger partial charge in [-0.25, -0.2) is 5.43 Å². The van der Waals surface area contributed by atoms with E-state index in [2.05, 4.69) is 10.5 Å². The van der Waals surface area contributed by atoms with Gasteiger partial charge in [-0.05, 0) is 55.0 Å². The molecule has 3 rings (SSSR count). The van der Waals surface area contributed by atoms with Crippen molar-refractivity contribution in [2.45, 2.75) is 25.7 Å². The molecule has 1 aromatic carbocycles. The smallest absolute Gasteiger partial charge is 0.281 e. The normalized spacial score (nSPS) is 13.7. The summed E-state index contributed by atoms with van der Waals surface area (Å²) < 4.78 is 0. The molecule has 1 aliphatic rings. The van der Waals surface area contributed by atoms with Crippen LogP contribution in [0.15, 0.2) is 35.4 Å². The fourth-order valence-electron chi connectivity index (χ4n) is 2.92. The number of thiophene rings is 1. The molecule has 0 spiro atoms. The molecule has 0 radical (unpaired) electrons. The number of rotatable bonds is 6. The summed E-state index contributed by atoms with van der Waals surface area (Å²) in [6.45, 7) is 0.714. The number of fused-ring (bicyclic) bond motifs is 1. The molecule has 1 heterocycles. The minimum Gasteiger partial charge on any atom is -0.395 e. The summed E-state index contributed by atoms with van der Waals surface area (Å²) in [6.07, 6.45) is 6.25. The highest BCUT2D eigenvalue weighted by Crippen LogP contribution is 2.29. The van der Waals surface area contributed by atoms with Crippen molar-refractivity contribution in [1.82, 2.24) is 5.43 Å². The van der Waals surface area contributed by atoms with Crippen LogP contribution in [0.1, 0.15) is 38.5 Å². The van der Waals surface area contributed by atoms with E-state index in [1.54, 1.807) is 17.6 Å². The maximum atomic E-state index is 12.2. The Morgan fingerprint density at radius 3 is 2.80 bits per heavy atom. The van der Waals surface area contributed by atoms with E-state index in [0.717, 1.165) is 29.0 Å². The van der Waals surface area contributed by atoms with E-state index in [0.29, 0.717) is 6.54 Å². The molecule has 1 aliphatic carbocycles. The molecule has 132 valence electrons. The van der Waals surface area contributed by atoms with Crippen molar-refractivity contribution >= 4 is 29.1 Å². The van der Waals surface area contributed by atoms with Crippen LogP contribution < -0.4 is 10.3 Å². The largest absolute Gasteiger partial charge is 0.395 e. The Morgan fingerprint density at radius 2 is 2.08 bits per heavy atom. The van der Waals surface area contributed by atoms with Crippen molar-refractivity contribution in [1.29, 1.82) is 0 Å². The van der Waals surface area contributed by atoms with E-state index >= 15 is 0 Å². The summed E-state index contributed by atoms with van der Waals surface area (Å²) in [5.41, 5.74) is 5.87. The first-order chi connectivity index (χ1) is 12.2. The Bertz CT molecular complexity index is 729. The van der Waals surface area contributed by atoms with Gasteiger partial charge in [0, 0.05) is 24.2 Å². The third kappa shape index (κ3) is 4.46. The third-order valence-corrected chi connectivity index (χ3v) is 5.61. The minimum atomic E-state index is -0.144. The van der Waals surface area contributed by atoms with Crippen LogP contribution in [-0.4, -0.2) is 37.4 Å². The summed E-state index contributed by atoms with van der Waals surface area (Å²) in [7, 11) is 1.93. The van der Waals surface area contributed by atoms with Gasteiger partial charge in [0.1, 0.15) is 0 Å². The molecule has 0 aliphatic heterocycles. The van der Waals surface area contributed by atoms with Crippen molar-refractivity contribution < 1.29 is 9.90 Å². The second-order valence-electron chi connectivity index (χ2n) is 6.20. The summed E-state index contributed by atoms with van der Waals surface area (Å²) in [6, 6.07) is 9.81. The van der Waals surface area contributed by atoms with Crippen molar-refractivity contribution in [3.05, 3.63) is 51.2 Å². The second-order valence-corrected chi connectivity index (χ2v) is 7.34. The van der Waals surface area contributed by atoms with Crippen LogP contribution in [0, 0.1) is 0 Å². The van der Waals surface area contributed by atoms with Crippen molar-refractivity contribution in [2.75, 3.05) is 25.1 Å². The fraction of sp³-hybridized carbons (Fsp3) is 0.368. The van der Waals surface area contributed by atoms with Gasteiger partial charge in [0.15, 0.2) is 0 Å². The molecule has 0 saturated carbocycles. The van der Waals surface area contributed by atoms with Gasteiger partial charge in [-0.3, -0.25) is 4.79 Å². The van der Waals surface area contributed by atoms with Crippen LogP contribution in [0.25, 0.3) is 0 Å². The minimum absolute atomic E-state index is 0.123. The summed E-state index contributed by atoms with van der Waals surface area (Å²) in [5.74, 6) is -0.144. The van der Waals surface area contributed by atoms with Crippen LogP contribution in [0.5, 0.6) is 0 Å². The van der Waals surface area contributed by atoms with Gasteiger partial charge in [-0.15, -0.1) is 11.3 Å². The Kier molecular flexibility index (Phi) is 5.83. The summed E-state index contributed by atoms with van der Waals surface area (Å²) >= 11 is 1.59. The van der Waals surface area contributed by atoms with Crippen LogP contribution in [-0.2, 0) is 12.8 Å². The average Bonchev–Trinajstić information content (AvgIpc) is 3.07. The average molecular weight is 357 g/mol. The molecular formula is C19H23N3O2S. The van der Waals surface area contributed by atoms with Gasteiger partial charge in [0.05, 0.1) is 17.7 Å². The van der Waals surface area contributed by atoms with E-state index in [4.69, 9.17) is 5.11 Å². The lowest BCUT2D eigenvalue weighted by atomic mass is 9.99. The first kappa shape index (κ1) is 17.6. The van der Waals surface area contributed by atoms with Gasteiger partial charge in [0.2, 0.25) is 0 Å². The second kappa shape index (κ2) is 8.27. The number of aliphatic hydroxyl groups is 1. The molecule has 0 bridgehead atoms. The maximum absolute atomic E-state index is 12.2. The van der Waals surface area contributed by atoms with Gasteiger partial charge >= 0.3 is 0 Å². The number of carbonyl (C=O) groups excluding carboxylic acids is 1. The quantitative estimate of drug-likeness (QED) is 0.617. The highest BCUT2D eigenvalue weighted by Gasteiger charge is 2.16. The zero-order valence-corrected chi connectivity index (χ0v) is 15.2. The van der Waals surface area contributed by atoms with E-state index < -0.39 is 0 Å². The van der Waals surface area contributed by atoms with Crippen LogP contribution in [0.4, 0.5) is 5.69 Å². The number of hydrogen-bond acceptors (Lipinski definition) is 5. The highest BCUT2D eigenvalue weighted by atomic mass is 32.1. The molecule has 5 nitrogen and oxygen atoms in total. The van der Waals surface area contributed by atoms with E-state index in [9.17, 15) is 4.79 Å². The highest BCUT2D eigenvalue weighted by molar-refractivity contribution is 7.14. The van der Waals surface area contributed by atoms with Crippen LogP contribution in [0.3, 0.4) is 0 Å². The standard InChI is InChI=1S/C19H23N3O2S/c1-22(10-11-23)16-8-6-14(7-9-16)13-20-21-19(24)18-12-15-4-2-3-5-17(15)25-18/h6-9,12-13,23H,2-5,10-11H2,1H3,(H,21,24). The number of likely N-dealkylation sites (N-methyl/N-ethyl adjacent to an activating group) is 1. The number of hydrazone groups is 1. The number of anilines is 1. The Morgan fingerprint density at radius 1 is 1.32 bits per heavy atom. The molecule has 2 N–H and O–H groups in total. The zero-order chi connectivity index (χ0) is 17.6. The predicted octanol–water partition coefficient (Wildman–Crippen LogP) is 2.82. The van der Waals surface area contributed by atoms with Crippen LogP contribution >= 0.6 is 11.3 Å². The van der Waals surface area contributed by atoms with Gasteiger partial charge in [-0.2, -0.15) is 5.10 Å². The van der Waals surface area contributed by atoms with Crippen molar-refractivity contribution in [2.24, 2.45) is 5.10 Å². The number of carbonyl (C=O) groups is 1. The van der Waals surface area contributed by atoms with Crippen molar-refractivity contribution in [3.8, 4) is 0 Å². The molecule has 0 atom stereocenters. The summed E-state index contributed by atoms with van der Waals surface area (Å²) in [4.78, 5) is 16.3. The first-order valence-electron chi connectivity index (χ1n) is 8.54. The molecular weight excluding hydrogens is 334 g/mol. The summed E-state index contributed by atoms with van der Waals surface area (Å²) in [5, 5.41) is 13.0. The number of aryl methyl sites for hydroxylation is 2. The predicted molar refractivity (Wildman–Crippen MR) is 103 cm³/mol.